The molecule has 0 spiro atoms. The van der Waals surface area contributed by atoms with Crippen molar-refractivity contribution in [2.45, 2.75) is 46.1 Å². The minimum absolute atomic E-state index is 0.279. The molecule has 0 aliphatic carbocycles. The van der Waals surface area contributed by atoms with Crippen LogP contribution in [0.5, 0.6) is 0 Å². The van der Waals surface area contributed by atoms with E-state index in [0.29, 0.717) is 6.54 Å². The summed E-state index contributed by atoms with van der Waals surface area (Å²) < 4.78 is 1.90. The van der Waals surface area contributed by atoms with Crippen LogP contribution in [0, 0.1) is 13.8 Å². The van der Waals surface area contributed by atoms with E-state index in [1.54, 1.807) is 0 Å². The molecule has 126 valence electrons. The Kier molecular flexibility index (Phi) is 3.64. The van der Waals surface area contributed by atoms with Crippen LogP contribution in [-0.2, 0) is 6.42 Å². The Bertz CT molecular complexity index is 917. The number of piperidine rings is 1. The number of rotatable bonds is 2. The van der Waals surface area contributed by atoms with Crippen molar-refractivity contribution >= 4 is 22.5 Å². The first-order valence-corrected chi connectivity index (χ1v) is 8.66. The normalized spacial score (nSPS) is 18.7. The fourth-order valence-electron chi connectivity index (χ4n) is 3.62. The van der Waals surface area contributed by atoms with Crippen molar-refractivity contribution in [1.82, 2.24) is 19.6 Å². The molecule has 4 heterocycles. The minimum Gasteiger partial charge on any atom is -0.391 e. The molecule has 1 aliphatic heterocycles. The molecular formula is C18H23N5O. The summed E-state index contributed by atoms with van der Waals surface area (Å²) in [5, 5.41) is 15.8. The lowest BCUT2D eigenvalue weighted by atomic mass is 10.1. The highest BCUT2D eigenvalue weighted by atomic mass is 16.3. The van der Waals surface area contributed by atoms with Gasteiger partial charge >= 0.3 is 0 Å². The van der Waals surface area contributed by atoms with Crippen molar-refractivity contribution in [1.29, 1.82) is 0 Å². The second-order valence-corrected chi connectivity index (χ2v) is 6.72. The standard InChI is InChI=1S/C18H23N5O/c1-4-13-9-15(22-7-5-6-14(24)10-22)23-18(20-13)16-11(2)8-12(3)19-17(16)21-23/h8-9,14,24H,4-7,10H2,1-3H3/t14-/m0/s1. The fraction of sp³-hybridized carbons (Fsp3) is 0.500. The van der Waals surface area contributed by atoms with Gasteiger partial charge in [-0.25, -0.2) is 9.97 Å². The first kappa shape index (κ1) is 15.3. The number of aryl methyl sites for hydroxylation is 3. The molecule has 1 N–H and O–H groups in total. The largest absolute Gasteiger partial charge is 0.391 e. The van der Waals surface area contributed by atoms with Crippen LogP contribution in [0.25, 0.3) is 16.7 Å². The summed E-state index contributed by atoms with van der Waals surface area (Å²) in [6, 6.07) is 4.17. The molecule has 3 aromatic heterocycles. The molecule has 1 saturated heterocycles. The number of aliphatic hydroxyl groups excluding tert-OH is 1. The molecule has 6 nitrogen and oxygen atoms in total. The van der Waals surface area contributed by atoms with E-state index in [1.165, 1.54) is 0 Å². The molecule has 3 aromatic rings. The average molecular weight is 325 g/mol. The van der Waals surface area contributed by atoms with E-state index in [1.807, 2.05) is 11.4 Å². The third kappa shape index (κ3) is 2.41. The van der Waals surface area contributed by atoms with Crippen molar-refractivity contribution in [3.63, 3.8) is 0 Å². The predicted octanol–water partition coefficient (Wildman–Crippen LogP) is 2.42. The molecule has 0 unspecified atom stereocenters. The molecule has 1 fully saturated rings. The van der Waals surface area contributed by atoms with Crippen LogP contribution in [0.1, 0.15) is 36.7 Å². The minimum atomic E-state index is -0.279. The van der Waals surface area contributed by atoms with Gasteiger partial charge in [-0.2, -0.15) is 4.52 Å². The van der Waals surface area contributed by atoms with Crippen LogP contribution < -0.4 is 4.90 Å². The molecule has 0 aromatic carbocycles. The number of aliphatic hydroxyl groups is 1. The Balaban J connectivity index is 2.00. The van der Waals surface area contributed by atoms with Crippen molar-refractivity contribution in [2.75, 3.05) is 18.0 Å². The smallest absolute Gasteiger partial charge is 0.184 e. The average Bonchev–Trinajstić information content (AvgIpc) is 2.91. The van der Waals surface area contributed by atoms with Crippen LogP contribution in [0.2, 0.25) is 0 Å². The number of pyridine rings is 1. The van der Waals surface area contributed by atoms with E-state index >= 15 is 0 Å². The maximum atomic E-state index is 10.1. The molecule has 24 heavy (non-hydrogen) atoms. The quantitative estimate of drug-likeness (QED) is 0.784. The lowest BCUT2D eigenvalue weighted by Crippen LogP contribution is -2.39. The van der Waals surface area contributed by atoms with E-state index in [9.17, 15) is 5.11 Å². The van der Waals surface area contributed by atoms with Gasteiger partial charge in [0.15, 0.2) is 11.3 Å². The van der Waals surface area contributed by atoms with E-state index in [4.69, 9.17) is 10.1 Å². The monoisotopic (exact) mass is 325 g/mol. The summed E-state index contributed by atoms with van der Waals surface area (Å²) in [5.74, 6) is 1.01. The molecular weight excluding hydrogens is 302 g/mol. The molecule has 0 saturated carbocycles. The summed E-state index contributed by atoms with van der Waals surface area (Å²) in [6.07, 6.45) is 2.44. The van der Waals surface area contributed by atoms with Crippen LogP contribution in [-0.4, -0.2) is 43.9 Å². The van der Waals surface area contributed by atoms with Gasteiger partial charge in [-0.3, -0.25) is 0 Å². The Labute approximate surface area is 141 Å². The highest BCUT2D eigenvalue weighted by Crippen LogP contribution is 2.28. The van der Waals surface area contributed by atoms with Gasteiger partial charge in [-0.05, 0) is 44.7 Å². The Morgan fingerprint density at radius 2 is 2.08 bits per heavy atom. The first-order valence-electron chi connectivity index (χ1n) is 8.66. The summed E-state index contributed by atoms with van der Waals surface area (Å²) in [6.45, 7) is 7.76. The number of anilines is 1. The van der Waals surface area contributed by atoms with Crippen molar-refractivity contribution < 1.29 is 5.11 Å². The Hall–Kier alpha value is -2.21. The second-order valence-electron chi connectivity index (χ2n) is 6.72. The molecule has 4 rings (SSSR count). The van der Waals surface area contributed by atoms with Crippen LogP contribution >= 0.6 is 0 Å². The first-order chi connectivity index (χ1) is 11.6. The Morgan fingerprint density at radius 1 is 1.25 bits per heavy atom. The third-order valence-corrected chi connectivity index (χ3v) is 4.79. The number of β-amino-alcohol motifs (C(OH)–C–C–N with tert-alkyl or cyclic N) is 1. The number of nitrogens with zero attached hydrogens (tertiary/aromatic N) is 5. The van der Waals surface area contributed by atoms with Crippen molar-refractivity contribution in [2.24, 2.45) is 0 Å². The maximum Gasteiger partial charge on any atom is 0.184 e. The molecule has 0 radical (unpaired) electrons. The summed E-state index contributed by atoms with van der Waals surface area (Å²) >= 11 is 0. The van der Waals surface area contributed by atoms with Gasteiger partial charge in [0.05, 0.1) is 11.5 Å². The SMILES string of the molecule is CCc1cc(N2CCC[C@H](O)C2)n2nc3nc(C)cc(C)c3c2n1. The maximum absolute atomic E-state index is 10.1. The number of aromatic nitrogens is 4. The highest BCUT2D eigenvalue weighted by molar-refractivity contribution is 5.93. The zero-order chi connectivity index (χ0) is 16.8. The summed E-state index contributed by atoms with van der Waals surface area (Å²) in [4.78, 5) is 11.6. The van der Waals surface area contributed by atoms with Crippen LogP contribution in [0.15, 0.2) is 12.1 Å². The van der Waals surface area contributed by atoms with Crippen molar-refractivity contribution in [3.05, 3.63) is 29.1 Å². The van der Waals surface area contributed by atoms with Gasteiger partial charge in [0, 0.05) is 30.5 Å². The fourth-order valence-corrected chi connectivity index (χ4v) is 3.62. The number of hydrogen-bond donors (Lipinski definition) is 1. The highest BCUT2D eigenvalue weighted by Gasteiger charge is 2.23. The lowest BCUT2D eigenvalue weighted by molar-refractivity contribution is 0.153. The molecule has 6 heteroatoms. The van der Waals surface area contributed by atoms with Crippen LogP contribution in [0.4, 0.5) is 5.82 Å². The van der Waals surface area contributed by atoms with Crippen LogP contribution in [0.3, 0.4) is 0 Å². The molecule has 1 aliphatic rings. The molecule has 1 atom stereocenters. The third-order valence-electron chi connectivity index (χ3n) is 4.79. The van der Waals surface area contributed by atoms with E-state index in [0.717, 1.165) is 65.3 Å². The van der Waals surface area contributed by atoms with Gasteiger partial charge in [0.25, 0.3) is 0 Å². The van der Waals surface area contributed by atoms with Crippen molar-refractivity contribution in [3.8, 4) is 0 Å². The van der Waals surface area contributed by atoms with Gasteiger partial charge in [0.2, 0.25) is 0 Å². The van der Waals surface area contributed by atoms with E-state index in [-0.39, 0.29) is 6.10 Å². The zero-order valence-corrected chi connectivity index (χ0v) is 14.5. The molecule has 0 amide bonds. The predicted molar refractivity (Wildman–Crippen MR) is 94.6 cm³/mol. The van der Waals surface area contributed by atoms with Gasteiger partial charge in [0.1, 0.15) is 5.82 Å². The van der Waals surface area contributed by atoms with E-state index in [2.05, 4.69) is 35.9 Å². The summed E-state index contributed by atoms with van der Waals surface area (Å²) in [7, 11) is 0. The zero-order valence-electron chi connectivity index (χ0n) is 14.5. The lowest BCUT2D eigenvalue weighted by Gasteiger charge is -2.32. The van der Waals surface area contributed by atoms with Gasteiger partial charge in [-0.1, -0.05) is 6.92 Å². The van der Waals surface area contributed by atoms with Gasteiger partial charge in [-0.15, -0.1) is 5.10 Å². The van der Waals surface area contributed by atoms with Gasteiger partial charge < -0.3 is 10.0 Å². The second kappa shape index (κ2) is 5.70. The number of fused-ring (bicyclic) bond motifs is 3. The molecule has 0 bridgehead atoms. The Morgan fingerprint density at radius 3 is 2.83 bits per heavy atom. The van der Waals surface area contributed by atoms with E-state index < -0.39 is 0 Å². The topological polar surface area (TPSA) is 66.5 Å². The summed E-state index contributed by atoms with van der Waals surface area (Å²) in [5.41, 5.74) is 4.77. The number of hydrogen-bond acceptors (Lipinski definition) is 5.